The number of hydrogen-bond acceptors (Lipinski definition) is 3. The highest BCUT2D eigenvalue weighted by atomic mass is 16.3. The van der Waals surface area contributed by atoms with Gasteiger partial charge in [-0.3, -0.25) is 4.79 Å². The Morgan fingerprint density at radius 2 is 2.33 bits per heavy atom. The van der Waals surface area contributed by atoms with Crippen LogP contribution in [0.2, 0.25) is 0 Å². The molecule has 15 heavy (non-hydrogen) atoms. The smallest absolute Gasteiger partial charge is 0.224 e. The Morgan fingerprint density at radius 3 is 2.87 bits per heavy atom. The number of nitrogens with one attached hydrogen (secondary N) is 2. The Morgan fingerprint density at radius 1 is 1.60 bits per heavy atom. The van der Waals surface area contributed by atoms with Gasteiger partial charge in [-0.05, 0) is 32.2 Å². The van der Waals surface area contributed by atoms with Gasteiger partial charge in [-0.1, -0.05) is 6.92 Å². The summed E-state index contributed by atoms with van der Waals surface area (Å²) in [5, 5.41) is 15.2. The van der Waals surface area contributed by atoms with Gasteiger partial charge in [0.05, 0.1) is 12.0 Å². The van der Waals surface area contributed by atoms with Crippen molar-refractivity contribution in [2.75, 3.05) is 19.6 Å². The molecule has 0 bridgehead atoms. The molecule has 3 N–H and O–H groups in total. The maximum atomic E-state index is 11.7. The third kappa shape index (κ3) is 4.18. The molecule has 1 aliphatic rings. The fourth-order valence-electron chi connectivity index (χ4n) is 1.90. The van der Waals surface area contributed by atoms with E-state index in [2.05, 4.69) is 17.6 Å². The summed E-state index contributed by atoms with van der Waals surface area (Å²) in [5.74, 6) is 0.705. The first-order valence-corrected chi connectivity index (χ1v) is 5.77. The van der Waals surface area contributed by atoms with Crippen LogP contribution in [0, 0.1) is 11.8 Å². The summed E-state index contributed by atoms with van der Waals surface area (Å²) < 4.78 is 0. The van der Waals surface area contributed by atoms with Crippen molar-refractivity contribution in [3.63, 3.8) is 0 Å². The first kappa shape index (κ1) is 12.5. The van der Waals surface area contributed by atoms with Crippen LogP contribution >= 0.6 is 0 Å². The standard InChI is InChI=1S/C11H22N2O2/c1-8-6-12-7-10(8)11(15)13-5-3-4-9(2)14/h8-10,12,14H,3-7H2,1-2H3,(H,13,15)/t8-,9?,10-/m1/s1. The predicted octanol–water partition coefficient (Wildman–Crippen LogP) is 0.119. The quantitative estimate of drug-likeness (QED) is 0.570. The molecular formula is C11H22N2O2. The van der Waals surface area contributed by atoms with E-state index in [1.54, 1.807) is 6.92 Å². The monoisotopic (exact) mass is 214 g/mol. The fraction of sp³-hybridized carbons (Fsp3) is 0.909. The molecule has 88 valence electrons. The fourth-order valence-corrected chi connectivity index (χ4v) is 1.90. The maximum Gasteiger partial charge on any atom is 0.224 e. The lowest BCUT2D eigenvalue weighted by Gasteiger charge is -2.14. The largest absolute Gasteiger partial charge is 0.393 e. The summed E-state index contributed by atoms with van der Waals surface area (Å²) in [5.41, 5.74) is 0. The van der Waals surface area contributed by atoms with Crippen molar-refractivity contribution in [2.45, 2.75) is 32.8 Å². The summed E-state index contributed by atoms with van der Waals surface area (Å²) in [6, 6.07) is 0. The molecule has 1 aliphatic heterocycles. The van der Waals surface area contributed by atoms with E-state index in [-0.39, 0.29) is 17.9 Å². The number of aliphatic hydroxyl groups excluding tert-OH is 1. The second-order valence-electron chi connectivity index (χ2n) is 4.52. The van der Waals surface area contributed by atoms with Crippen LogP contribution in [-0.4, -0.2) is 36.8 Å². The third-order valence-electron chi connectivity index (χ3n) is 2.95. The second-order valence-corrected chi connectivity index (χ2v) is 4.52. The average molecular weight is 214 g/mol. The first-order valence-electron chi connectivity index (χ1n) is 5.77. The van der Waals surface area contributed by atoms with Gasteiger partial charge in [0.15, 0.2) is 0 Å². The minimum atomic E-state index is -0.269. The van der Waals surface area contributed by atoms with E-state index in [1.165, 1.54) is 0 Å². The molecule has 0 aromatic heterocycles. The molecule has 1 saturated heterocycles. The van der Waals surface area contributed by atoms with Gasteiger partial charge in [-0.25, -0.2) is 0 Å². The van der Waals surface area contributed by atoms with Crippen molar-refractivity contribution in [3.05, 3.63) is 0 Å². The van der Waals surface area contributed by atoms with E-state index in [0.29, 0.717) is 12.5 Å². The summed E-state index contributed by atoms with van der Waals surface area (Å²) in [6.45, 7) is 6.27. The van der Waals surface area contributed by atoms with Gasteiger partial charge >= 0.3 is 0 Å². The van der Waals surface area contributed by atoms with Crippen LogP contribution in [-0.2, 0) is 4.79 Å². The molecule has 1 amide bonds. The van der Waals surface area contributed by atoms with Gasteiger partial charge in [0.2, 0.25) is 5.91 Å². The average Bonchev–Trinajstić information content (AvgIpc) is 2.58. The molecule has 4 heteroatoms. The Kier molecular flexibility index (Phi) is 5.05. The minimum absolute atomic E-state index is 0.122. The minimum Gasteiger partial charge on any atom is -0.393 e. The van der Waals surface area contributed by atoms with Crippen molar-refractivity contribution < 1.29 is 9.90 Å². The lowest BCUT2D eigenvalue weighted by molar-refractivity contribution is -0.125. The Bertz CT molecular complexity index is 207. The van der Waals surface area contributed by atoms with Crippen LogP contribution in [0.1, 0.15) is 26.7 Å². The second kappa shape index (κ2) is 6.08. The summed E-state index contributed by atoms with van der Waals surface area (Å²) in [6.07, 6.45) is 1.32. The number of amides is 1. The van der Waals surface area contributed by atoms with Crippen molar-refractivity contribution in [3.8, 4) is 0 Å². The van der Waals surface area contributed by atoms with Gasteiger partial charge in [0.1, 0.15) is 0 Å². The Labute approximate surface area is 91.4 Å². The summed E-state index contributed by atoms with van der Waals surface area (Å²) >= 11 is 0. The van der Waals surface area contributed by atoms with Crippen LogP contribution in [0.25, 0.3) is 0 Å². The molecule has 0 aromatic rings. The van der Waals surface area contributed by atoms with Crippen LogP contribution in [0.5, 0.6) is 0 Å². The number of carbonyl (C=O) groups excluding carboxylic acids is 1. The predicted molar refractivity (Wildman–Crippen MR) is 59.4 cm³/mol. The van der Waals surface area contributed by atoms with Crippen LogP contribution < -0.4 is 10.6 Å². The van der Waals surface area contributed by atoms with Gasteiger partial charge in [-0.15, -0.1) is 0 Å². The maximum absolute atomic E-state index is 11.7. The normalized spacial score (nSPS) is 27.7. The van der Waals surface area contributed by atoms with E-state index in [0.717, 1.165) is 25.9 Å². The van der Waals surface area contributed by atoms with E-state index in [4.69, 9.17) is 5.11 Å². The molecule has 3 atom stereocenters. The molecule has 0 aromatic carbocycles. The molecule has 0 radical (unpaired) electrons. The van der Waals surface area contributed by atoms with Crippen molar-refractivity contribution in [1.29, 1.82) is 0 Å². The van der Waals surface area contributed by atoms with Crippen molar-refractivity contribution in [1.82, 2.24) is 10.6 Å². The third-order valence-corrected chi connectivity index (χ3v) is 2.95. The molecule has 0 spiro atoms. The zero-order valence-electron chi connectivity index (χ0n) is 9.62. The van der Waals surface area contributed by atoms with Crippen LogP contribution in [0.4, 0.5) is 0 Å². The lowest BCUT2D eigenvalue weighted by Crippen LogP contribution is -2.35. The van der Waals surface area contributed by atoms with Crippen molar-refractivity contribution >= 4 is 5.91 Å². The number of carbonyl (C=O) groups is 1. The highest BCUT2D eigenvalue weighted by molar-refractivity contribution is 5.79. The highest BCUT2D eigenvalue weighted by Gasteiger charge is 2.28. The molecule has 0 aliphatic carbocycles. The first-order chi connectivity index (χ1) is 7.11. The zero-order valence-corrected chi connectivity index (χ0v) is 9.62. The summed E-state index contributed by atoms with van der Waals surface area (Å²) in [4.78, 5) is 11.7. The Hall–Kier alpha value is -0.610. The van der Waals surface area contributed by atoms with Gasteiger partial charge < -0.3 is 15.7 Å². The number of rotatable bonds is 5. The molecule has 1 heterocycles. The molecule has 4 nitrogen and oxygen atoms in total. The SMILES string of the molecule is CC(O)CCCNC(=O)[C@@H]1CNC[C@H]1C. The van der Waals surface area contributed by atoms with E-state index in [9.17, 15) is 4.79 Å². The van der Waals surface area contributed by atoms with Crippen molar-refractivity contribution in [2.24, 2.45) is 11.8 Å². The zero-order chi connectivity index (χ0) is 11.3. The van der Waals surface area contributed by atoms with E-state index < -0.39 is 0 Å². The number of aliphatic hydroxyl groups is 1. The van der Waals surface area contributed by atoms with Gasteiger partial charge in [0, 0.05) is 13.1 Å². The molecular weight excluding hydrogens is 192 g/mol. The lowest BCUT2D eigenvalue weighted by atomic mass is 9.97. The van der Waals surface area contributed by atoms with Crippen LogP contribution in [0.15, 0.2) is 0 Å². The van der Waals surface area contributed by atoms with Gasteiger partial charge in [-0.2, -0.15) is 0 Å². The molecule has 1 unspecified atom stereocenters. The van der Waals surface area contributed by atoms with E-state index in [1.807, 2.05) is 0 Å². The Balaban J connectivity index is 2.13. The molecule has 0 saturated carbocycles. The molecule has 1 rings (SSSR count). The number of hydrogen-bond donors (Lipinski definition) is 3. The topological polar surface area (TPSA) is 61.4 Å². The van der Waals surface area contributed by atoms with E-state index >= 15 is 0 Å². The van der Waals surface area contributed by atoms with Gasteiger partial charge in [0.25, 0.3) is 0 Å². The molecule has 1 fully saturated rings. The van der Waals surface area contributed by atoms with Crippen LogP contribution in [0.3, 0.4) is 0 Å². The summed E-state index contributed by atoms with van der Waals surface area (Å²) in [7, 11) is 0. The highest BCUT2D eigenvalue weighted by Crippen LogP contribution is 2.15.